The highest BCUT2D eigenvalue weighted by atomic mass is 16.8. The predicted molar refractivity (Wildman–Crippen MR) is 72.2 cm³/mol. The summed E-state index contributed by atoms with van der Waals surface area (Å²) in [6, 6.07) is 6.24. The van der Waals surface area contributed by atoms with Gasteiger partial charge in [0.25, 0.3) is 0 Å². The van der Waals surface area contributed by atoms with Gasteiger partial charge in [-0.3, -0.25) is 9.79 Å². The molecule has 1 aromatic rings. The number of carbonyl (C=O) groups excluding carboxylic acids is 1. The second kappa shape index (κ2) is 5.92. The van der Waals surface area contributed by atoms with Crippen LogP contribution in [-0.2, 0) is 4.79 Å². The molecule has 0 fully saturated rings. The normalized spacial score (nSPS) is 16.5. The summed E-state index contributed by atoms with van der Waals surface area (Å²) in [6.45, 7) is 5.42. The molecule has 4 N–H and O–H groups in total. The van der Waals surface area contributed by atoms with Gasteiger partial charge in [0.2, 0.25) is 5.91 Å². The zero-order chi connectivity index (χ0) is 14.6. The van der Waals surface area contributed by atoms with Crippen LogP contribution >= 0.6 is 0 Å². The van der Waals surface area contributed by atoms with Gasteiger partial charge in [0.15, 0.2) is 5.69 Å². The highest BCUT2D eigenvalue weighted by Gasteiger charge is 2.33. The van der Waals surface area contributed by atoms with Crippen molar-refractivity contribution in [2.75, 3.05) is 0 Å². The first kappa shape index (κ1) is 15.3. The molecule has 0 bridgehead atoms. The third-order valence-corrected chi connectivity index (χ3v) is 3.26. The Hall–Kier alpha value is -1.76. The third kappa shape index (κ3) is 3.60. The number of amides is 1. The van der Waals surface area contributed by atoms with Gasteiger partial charge in [0, 0.05) is 18.3 Å². The van der Waals surface area contributed by atoms with E-state index < -0.39 is 16.7 Å². The molecule has 2 atom stereocenters. The number of primary amides is 1. The Bertz CT molecular complexity index is 469. The van der Waals surface area contributed by atoms with E-state index in [2.05, 4.69) is 4.99 Å². The fourth-order valence-corrected chi connectivity index (χ4v) is 1.42. The smallest absolute Gasteiger partial charge is 0.245 e. The number of nitrogens with two attached hydrogens (primary N) is 1. The lowest BCUT2D eigenvalue weighted by Gasteiger charge is -2.25. The van der Waals surface area contributed by atoms with Gasteiger partial charge in [0.1, 0.15) is 5.54 Å². The summed E-state index contributed by atoms with van der Waals surface area (Å²) in [5.41, 5.74) is 5.33. The molecule has 0 spiro atoms. The average molecular weight is 265 g/mol. The zero-order valence-electron chi connectivity index (χ0n) is 11.3. The molecule has 1 rings (SSSR count). The van der Waals surface area contributed by atoms with E-state index in [0.717, 1.165) is 5.56 Å². The molecule has 0 aliphatic rings. The largest absolute Gasteiger partial charge is 0.595 e. The molecular weight excluding hydrogens is 246 g/mol. The van der Waals surface area contributed by atoms with Crippen LogP contribution in [0.4, 0.5) is 5.69 Å². The summed E-state index contributed by atoms with van der Waals surface area (Å²) in [5.74, 6) is -0.513. The predicted octanol–water partition coefficient (Wildman–Crippen LogP) is 0.409. The van der Waals surface area contributed by atoms with Crippen LogP contribution in [-0.4, -0.2) is 22.9 Å². The van der Waals surface area contributed by atoms with Gasteiger partial charge in [-0.05, 0) is 30.5 Å². The van der Waals surface area contributed by atoms with Crippen LogP contribution < -0.4 is 11.0 Å². The van der Waals surface area contributed by atoms with E-state index in [0.29, 0.717) is 0 Å². The molecule has 1 aromatic carbocycles. The van der Waals surface area contributed by atoms with Crippen molar-refractivity contribution in [3.63, 3.8) is 0 Å². The molecule has 0 radical (unpaired) electrons. The number of quaternary nitrogens is 1. The lowest BCUT2D eigenvalue weighted by molar-refractivity contribution is -0.991. The van der Waals surface area contributed by atoms with Gasteiger partial charge >= 0.3 is 0 Å². The lowest BCUT2D eigenvalue weighted by Crippen LogP contribution is -2.99. The summed E-state index contributed by atoms with van der Waals surface area (Å²) in [7, 11) is 0. The number of hydrogen-bond donors (Lipinski definition) is 3. The van der Waals surface area contributed by atoms with Crippen LogP contribution in [0.2, 0.25) is 0 Å². The highest BCUT2D eigenvalue weighted by Crippen LogP contribution is 2.21. The van der Waals surface area contributed by atoms with Crippen molar-refractivity contribution in [1.82, 2.24) is 0 Å². The van der Waals surface area contributed by atoms with E-state index in [1.807, 2.05) is 13.8 Å². The van der Waals surface area contributed by atoms with E-state index in [1.54, 1.807) is 19.1 Å². The second-order valence-electron chi connectivity index (χ2n) is 4.85. The number of carbonyl (C=O) groups is 1. The minimum atomic E-state index is -0.979. The Morgan fingerprint density at radius 2 is 2.00 bits per heavy atom. The summed E-state index contributed by atoms with van der Waals surface area (Å²) in [5, 5.41) is 18.5. The number of benzene rings is 1. The fourth-order valence-electron chi connectivity index (χ4n) is 1.42. The molecule has 104 valence electrons. The first-order valence-electron chi connectivity index (χ1n) is 5.96. The molecule has 0 aliphatic heterocycles. The molecule has 0 aliphatic carbocycles. The minimum absolute atomic E-state index is 0.0282. The van der Waals surface area contributed by atoms with Crippen molar-refractivity contribution in [2.24, 2.45) is 16.6 Å². The van der Waals surface area contributed by atoms with Crippen molar-refractivity contribution in [2.45, 2.75) is 26.3 Å². The van der Waals surface area contributed by atoms with Crippen molar-refractivity contribution in [3.05, 3.63) is 35.0 Å². The van der Waals surface area contributed by atoms with Gasteiger partial charge in [-0.25, -0.2) is 5.21 Å². The minimum Gasteiger partial charge on any atom is -0.595 e. The van der Waals surface area contributed by atoms with Gasteiger partial charge in [-0.1, -0.05) is 13.8 Å². The van der Waals surface area contributed by atoms with Crippen molar-refractivity contribution < 1.29 is 15.2 Å². The molecule has 6 heteroatoms. The summed E-state index contributed by atoms with van der Waals surface area (Å²) >= 11 is 0. The highest BCUT2D eigenvalue weighted by molar-refractivity contribution is 5.89. The Labute approximate surface area is 112 Å². The molecule has 19 heavy (non-hydrogen) atoms. The van der Waals surface area contributed by atoms with Crippen LogP contribution in [0, 0.1) is 11.1 Å². The molecular formula is C13H19N3O3. The molecule has 1 amide bonds. The SMILES string of the molecule is CC(C)[C@@](C)(N=Cc1ccc([NH+]([O-])O)cc1)C(N)=O. The number of rotatable bonds is 5. The van der Waals surface area contributed by atoms with Crippen molar-refractivity contribution in [1.29, 1.82) is 0 Å². The molecule has 6 nitrogen and oxygen atoms in total. The maximum Gasteiger partial charge on any atom is 0.245 e. The third-order valence-electron chi connectivity index (χ3n) is 3.26. The van der Waals surface area contributed by atoms with E-state index in [-0.39, 0.29) is 11.6 Å². The number of aliphatic imine (C=N–C) groups is 1. The van der Waals surface area contributed by atoms with Gasteiger partial charge in [0.05, 0.1) is 0 Å². The van der Waals surface area contributed by atoms with Crippen LogP contribution in [0.3, 0.4) is 0 Å². The van der Waals surface area contributed by atoms with E-state index >= 15 is 0 Å². The summed E-state index contributed by atoms with van der Waals surface area (Å²) < 4.78 is 0. The quantitative estimate of drug-likeness (QED) is 0.530. The number of nitrogens with zero attached hydrogens (tertiary/aromatic N) is 1. The standard InChI is InChI=1S/C13H19N3O3/c1-9(2)13(3,12(14)17)15-8-10-4-6-11(7-5-10)16(18)19/h4-9,16,18H,1-3H3,(H2,14,17)/t13-/m1/s1. The van der Waals surface area contributed by atoms with E-state index in [4.69, 9.17) is 10.9 Å². The monoisotopic (exact) mass is 265 g/mol. The van der Waals surface area contributed by atoms with Crippen LogP contribution in [0.25, 0.3) is 0 Å². The van der Waals surface area contributed by atoms with E-state index in [9.17, 15) is 10.0 Å². The molecule has 0 saturated heterocycles. The average Bonchev–Trinajstić information content (AvgIpc) is 2.35. The van der Waals surface area contributed by atoms with Gasteiger partial charge < -0.3 is 10.9 Å². The van der Waals surface area contributed by atoms with Crippen molar-refractivity contribution >= 4 is 17.8 Å². The first-order chi connectivity index (χ1) is 8.77. The first-order valence-corrected chi connectivity index (χ1v) is 5.96. The number of hydrogen-bond acceptors (Lipinski definition) is 4. The molecule has 0 saturated carbocycles. The Kier molecular flexibility index (Phi) is 4.77. The zero-order valence-corrected chi connectivity index (χ0v) is 11.3. The Balaban J connectivity index is 2.94. The Morgan fingerprint density at radius 3 is 2.37 bits per heavy atom. The summed E-state index contributed by atoms with van der Waals surface area (Å²) in [6.07, 6.45) is 1.54. The second-order valence-corrected chi connectivity index (χ2v) is 4.85. The van der Waals surface area contributed by atoms with Gasteiger partial charge in [-0.2, -0.15) is 5.23 Å². The summed E-state index contributed by atoms with van der Waals surface area (Å²) in [4.78, 5) is 15.7. The Morgan fingerprint density at radius 1 is 1.47 bits per heavy atom. The van der Waals surface area contributed by atoms with Gasteiger partial charge in [-0.15, -0.1) is 0 Å². The van der Waals surface area contributed by atoms with Crippen LogP contribution in [0.15, 0.2) is 29.3 Å². The molecule has 0 heterocycles. The molecule has 1 unspecified atom stereocenters. The number of nitrogens with one attached hydrogen (secondary N) is 1. The van der Waals surface area contributed by atoms with Crippen LogP contribution in [0.5, 0.6) is 0 Å². The van der Waals surface area contributed by atoms with Crippen LogP contribution in [0.1, 0.15) is 26.3 Å². The fraction of sp³-hybridized carbons (Fsp3) is 0.385. The maximum atomic E-state index is 11.5. The molecule has 0 aromatic heterocycles. The van der Waals surface area contributed by atoms with E-state index in [1.165, 1.54) is 18.3 Å². The van der Waals surface area contributed by atoms with Crippen molar-refractivity contribution in [3.8, 4) is 0 Å². The topological polar surface area (TPSA) is 103 Å². The maximum absolute atomic E-state index is 11.5. The lowest BCUT2D eigenvalue weighted by atomic mass is 9.88.